The molecule has 0 unspecified atom stereocenters. The third-order valence-corrected chi connectivity index (χ3v) is 2.48. The second-order valence-corrected chi connectivity index (χ2v) is 3.47. The Balaban J connectivity index is 3.42. The number of ether oxygens (including phenoxy) is 2. The number of phenolic OH excluding ortho intramolecular Hbond substituents is 2. The largest absolute Gasteiger partial charge is 0.504 e. The van der Waals surface area contributed by atoms with E-state index in [2.05, 4.69) is 0 Å². The second-order valence-electron chi connectivity index (χ2n) is 3.47. The van der Waals surface area contributed by atoms with Crippen molar-refractivity contribution >= 4 is 0 Å². The average Bonchev–Trinajstić information content (AvgIpc) is 2.28. The first-order valence-corrected chi connectivity index (χ1v) is 5.35. The molecule has 0 fully saturated rings. The van der Waals surface area contributed by atoms with Gasteiger partial charge in [0.05, 0.1) is 13.2 Å². The van der Waals surface area contributed by atoms with E-state index in [1.165, 1.54) is 0 Å². The van der Waals surface area contributed by atoms with Gasteiger partial charge < -0.3 is 19.7 Å². The van der Waals surface area contributed by atoms with E-state index in [9.17, 15) is 10.2 Å². The molecule has 1 aromatic carbocycles. The minimum Gasteiger partial charge on any atom is -0.504 e. The Bertz CT molecular complexity index is 348. The number of rotatable bonds is 4. The van der Waals surface area contributed by atoms with Gasteiger partial charge in [-0.25, -0.2) is 0 Å². The lowest BCUT2D eigenvalue weighted by Crippen LogP contribution is -2.02. The summed E-state index contributed by atoms with van der Waals surface area (Å²) in [6.07, 6.45) is 0. The van der Waals surface area contributed by atoms with E-state index in [-0.39, 0.29) is 17.2 Å². The van der Waals surface area contributed by atoms with Crippen LogP contribution in [0.15, 0.2) is 0 Å². The fraction of sp³-hybridized carbons (Fsp3) is 0.500. The molecule has 4 nitrogen and oxygen atoms in total. The molecule has 0 heterocycles. The molecule has 0 aromatic heterocycles. The van der Waals surface area contributed by atoms with Crippen LogP contribution in [0.4, 0.5) is 0 Å². The van der Waals surface area contributed by atoms with Crippen LogP contribution < -0.4 is 9.47 Å². The Labute approximate surface area is 95.4 Å². The summed E-state index contributed by atoms with van der Waals surface area (Å²) in [5.74, 6) is 0.305. The molecule has 0 aliphatic carbocycles. The Morgan fingerprint density at radius 2 is 1.31 bits per heavy atom. The van der Waals surface area contributed by atoms with Crippen molar-refractivity contribution in [3.05, 3.63) is 11.1 Å². The van der Waals surface area contributed by atoms with Crippen molar-refractivity contribution in [1.29, 1.82) is 0 Å². The molecular weight excluding hydrogens is 208 g/mol. The highest BCUT2D eigenvalue weighted by atomic mass is 16.5. The third kappa shape index (κ3) is 2.01. The number of benzene rings is 1. The summed E-state index contributed by atoms with van der Waals surface area (Å²) in [5, 5.41) is 19.5. The summed E-state index contributed by atoms with van der Waals surface area (Å²) in [6, 6.07) is 0. The predicted molar refractivity (Wildman–Crippen MR) is 61.6 cm³/mol. The molecule has 90 valence electrons. The quantitative estimate of drug-likeness (QED) is 0.774. The molecule has 1 aromatic rings. The summed E-state index contributed by atoms with van der Waals surface area (Å²) < 4.78 is 10.7. The molecule has 0 saturated heterocycles. The molecule has 2 N–H and O–H groups in total. The molecule has 4 heteroatoms. The molecular formula is C12H18O4. The molecule has 0 amide bonds. The molecule has 0 aliphatic heterocycles. The van der Waals surface area contributed by atoms with Crippen molar-refractivity contribution in [1.82, 2.24) is 0 Å². The van der Waals surface area contributed by atoms with Crippen LogP contribution in [0.5, 0.6) is 23.0 Å². The van der Waals surface area contributed by atoms with Crippen molar-refractivity contribution in [2.75, 3.05) is 13.2 Å². The fourth-order valence-corrected chi connectivity index (χ4v) is 1.51. The van der Waals surface area contributed by atoms with E-state index in [0.29, 0.717) is 24.5 Å². The van der Waals surface area contributed by atoms with Gasteiger partial charge in [-0.3, -0.25) is 0 Å². The van der Waals surface area contributed by atoms with Gasteiger partial charge in [0.1, 0.15) is 0 Å². The maximum Gasteiger partial charge on any atom is 0.207 e. The summed E-state index contributed by atoms with van der Waals surface area (Å²) in [6.45, 7) is 8.08. The van der Waals surface area contributed by atoms with Gasteiger partial charge in [0.25, 0.3) is 0 Å². The minimum atomic E-state index is -0.256. The third-order valence-electron chi connectivity index (χ3n) is 2.48. The van der Waals surface area contributed by atoms with Gasteiger partial charge in [0.2, 0.25) is 11.5 Å². The van der Waals surface area contributed by atoms with Gasteiger partial charge in [0.15, 0.2) is 11.5 Å². The maximum absolute atomic E-state index is 9.79. The van der Waals surface area contributed by atoms with E-state index < -0.39 is 0 Å². The monoisotopic (exact) mass is 226 g/mol. The lowest BCUT2D eigenvalue weighted by molar-refractivity contribution is 0.268. The highest BCUT2D eigenvalue weighted by molar-refractivity contribution is 5.65. The summed E-state index contributed by atoms with van der Waals surface area (Å²) in [7, 11) is 0. The van der Waals surface area contributed by atoms with Crippen molar-refractivity contribution in [3.8, 4) is 23.0 Å². The van der Waals surface area contributed by atoms with E-state index in [0.717, 1.165) is 5.56 Å². The van der Waals surface area contributed by atoms with E-state index >= 15 is 0 Å². The highest BCUT2D eigenvalue weighted by Crippen LogP contribution is 2.47. The normalized spacial score (nSPS) is 10.2. The molecule has 1 rings (SSSR count). The van der Waals surface area contributed by atoms with Crippen LogP contribution in [0.1, 0.15) is 25.0 Å². The van der Waals surface area contributed by atoms with Crippen LogP contribution in [-0.4, -0.2) is 23.4 Å². The van der Waals surface area contributed by atoms with E-state index in [1.807, 2.05) is 13.8 Å². The average molecular weight is 226 g/mol. The Hall–Kier alpha value is -1.58. The first-order valence-electron chi connectivity index (χ1n) is 5.35. The van der Waals surface area contributed by atoms with Gasteiger partial charge in [-0.2, -0.15) is 0 Å². The molecule has 0 radical (unpaired) electrons. The van der Waals surface area contributed by atoms with Crippen LogP contribution in [0.25, 0.3) is 0 Å². The van der Waals surface area contributed by atoms with Gasteiger partial charge in [-0.15, -0.1) is 0 Å². The first-order chi connectivity index (χ1) is 7.54. The van der Waals surface area contributed by atoms with Crippen molar-refractivity contribution < 1.29 is 19.7 Å². The maximum atomic E-state index is 9.79. The SMILES string of the molecule is CCOc1c(C)c(C)c(O)c(O)c1OCC. The van der Waals surface area contributed by atoms with Crippen molar-refractivity contribution in [3.63, 3.8) is 0 Å². The summed E-state index contributed by atoms with van der Waals surface area (Å²) in [5.41, 5.74) is 1.38. The standard InChI is InChI=1S/C12H18O4/c1-5-15-11-8(4)7(3)9(13)10(14)12(11)16-6-2/h13-14H,5-6H2,1-4H3. The van der Waals surface area contributed by atoms with Gasteiger partial charge in [-0.1, -0.05) is 0 Å². The number of hydrogen-bond acceptors (Lipinski definition) is 4. The minimum absolute atomic E-state index is 0.149. The van der Waals surface area contributed by atoms with Gasteiger partial charge in [-0.05, 0) is 27.7 Å². The zero-order valence-electron chi connectivity index (χ0n) is 10.1. The summed E-state index contributed by atoms with van der Waals surface area (Å²) >= 11 is 0. The zero-order valence-corrected chi connectivity index (χ0v) is 10.1. The topological polar surface area (TPSA) is 58.9 Å². The van der Waals surface area contributed by atoms with Crippen molar-refractivity contribution in [2.45, 2.75) is 27.7 Å². The summed E-state index contributed by atoms with van der Waals surface area (Å²) in [4.78, 5) is 0. The van der Waals surface area contributed by atoms with E-state index in [4.69, 9.17) is 9.47 Å². The molecule has 0 aliphatic rings. The van der Waals surface area contributed by atoms with Crippen LogP contribution in [0.3, 0.4) is 0 Å². The molecule has 0 saturated carbocycles. The first kappa shape index (κ1) is 12.5. The van der Waals surface area contributed by atoms with Gasteiger partial charge in [0, 0.05) is 11.1 Å². The highest BCUT2D eigenvalue weighted by Gasteiger charge is 2.21. The Morgan fingerprint density at radius 1 is 0.812 bits per heavy atom. The van der Waals surface area contributed by atoms with Crippen LogP contribution in [0, 0.1) is 13.8 Å². The smallest absolute Gasteiger partial charge is 0.207 e. The predicted octanol–water partition coefficient (Wildman–Crippen LogP) is 2.51. The Morgan fingerprint density at radius 3 is 1.81 bits per heavy atom. The lowest BCUT2D eigenvalue weighted by Gasteiger charge is -2.17. The molecule has 0 atom stereocenters. The van der Waals surface area contributed by atoms with Crippen LogP contribution in [0.2, 0.25) is 0 Å². The Kier molecular flexibility index (Phi) is 3.88. The second kappa shape index (κ2) is 4.96. The van der Waals surface area contributed by atoms with Gasteiger partial charge >= 0.3 is 0 Å². The van der Waals surface area contributed by atoms with E-state index in [1.54, 1.807) is 13.8 Å². The molecule has 0 bridgehead atoms. The zero-order chi connectivity index (χ0) is 12.3. The number of hydrogen-bond donors (Lipinski definition) is 2. The number of aromatic hydroxyl groups is 2. The van der Waals surface area contributed by atoms with Crippen molar-refractivity contribution in [2.24, 2.45) is 0 Å². The number of phenols is 2. The van der Waals surface area contributed by atoms with Crippen LogP contribution in [-0.2, 0) is 0 Å². The fourth-order valence-electron chi connectivity index (χ4n) is 1.51. The molecule has 16 heavy (non-hydrogen) atoms. The molecule has 0 spiro atoms. The van der Waals surface area contributed by atoms with Crippen LogP contribution >= 0.6 is 0 Å². The lowest BCUT2D eigenvalue weighted by atomic mass is 10.1.